The summed E-state index contributed by atoms with van der Waals surface area (Å²) >= 11 is 2.14. The Morgan fingerprint density at radius 3 is 2.64 bits per heavy atom. The highest BCUT2D eigenvalue weighted by Gasteiger charge is 2.25. The van der Waals surface area contributed by atoms with Crippen LogP contribution in [0.2, 0.25) is 0 Å². The molecule has 1 heterocycles. The first-order valence-electron chi connectivity index (χ1n) is 5.70. The van der Waals surface area contributed by atoms with Gasteiger partial charge in [0.1, 0.15) is 0 Å². The van der Waals surface area contributed by atoms with Gasteiger partial charge >= 0.3 is 0 Å². The van der Waals surface area contributed by atoms with Gasteiger partial charge in [-0.3, -0.25) is 0 Å². The monoisotopic (exact) mass is 211 g/mol. The Bertz CT molecular complexity index is 226. The molecular weight excluding hydrogens is 190 g/mol. The molecule has 2 aliphatic rings. The maximum Gasteiger partial charge on any atom is 0.00490 e. The molecule has 0 radical (unpaired) electrons. The first-order chi connectivity index (χ1) is 6.77. The van der Waals surface area contributed by atoms with Crippen LogP contribution in [0, 0.1) is 5.92 Å². The van der Waals surface area contributed by atoms with Crippen molar-refractivity contribution in [2.75, 3.05) is 32.1 Å². The van der Waals surface area contributed by atoms with Crippen LogP contribution >= 0.6 is 11.8 Å². The number of hydrogen-bond donors (Lipinski definition) is 0. The van der Waals surface area contributed by atoms with Crippen molar-refractivity contribution >= 4 is 11.8 Å². The number of rotatable bonds is 2. The molecule has 1 aliphatic heterocycles. The van der Waals surface area contributed by atoms with Gasteiger partial charge in [0.15, 0.2) is 0 Å². The molecule has 80 valence electrons. The highest BCUT2D eigenvalue weighted by molar-refractivity contribution is 7.99. The van der Waals surface area contributed by atoms with Crippen LogP contribution in [0.3, 0.4) is 0 Å². The second-order valence-electron chi connectivity index (χ2n) is 4.77. The summed E-state index contributed by atoms with van der Waals surface area (Å²) in [6.45, 7) is 1.26. The summed E-state index contributed by atoms with van der Waals surface area (Å²) in [6.07, 6.45) is 5.63. The van der Waals surface area contributed by atoms with Gasteiger partial charge in [-0.15, -0.1) is 0 Å². The third-order valence-electron chi connectivity index (χ3n) is 3.32. The van der Waals surface area contributed by atoms with Crippen molar-refractivity contribution in [2.45, 2.75) is 25.7 Å². The second kappa shape index (κ2) is 4.71. The lowest BCUT2D eigenvalue weighted by atomic mass is 9.82. The highest BCUT2D eigenvalue weighted by Crippen LogP contribution is 2.38. The molecule has 0 amide bonds. The zero-order chi connectivity index (χ0) is 9.97. The van der Waals surface area contributed by atoms with Crippen LogP contribution in [0.15, 0.2) is 11.1 Å². The van der Waals surface area contributed by atoms with Crippen LogP contribution in [0.4, 0.5) is 0 Å². The van der Waals surface area contributed by atoms with E-state index >= 15 is 0 Å². The minimum atomic E-state index is 0.860. The van der Waals surface area contributed by atoms with Gasteiger partial charge in [-0.1, -0.05) is 11.1 Å². The smallest absolute Gasteiger partial charge is 0.00490 e. The third kappa shape index (κ3) is 2.34. The Kier molecular flexibility index (Phi) is 3.56. The molecule has 1 nitrogen and oxygen atoms in total. The summed E-state index contributed by atoms with van der Waals surface area (Å²) in [6, 6.07) is 0. The Labute approximate surface area is 91.9 Å². The number of hydrogen-bond acceptors (Lipinski definition) is 2. The summed E-state index contributed by atoms with van der Waals surface area (Å²) < 4.78 is 0. The van der Waals surface area contributed by atoms with Crippen molar-refractivity contribution < 1.29 is 0 Å². The summed E-state index contributed by atoms with van der Waals surface area (Å²) in [4.78, 5) is 2.34. The van der Waals surface area contributed by atoms with Crippen LogP contribution in [0.25, 0.3) is 0 Å². The van der Waals surface area contributed by atoms with E-state index in [-0.39, 0.29) is 0 Å². The van der Waals surface area contributed by atoms with Crippen molar-refractivity contribution in [1.82, 2.24) is 4.90 Å². The van der Waals surface area contributed by atoms with E-state index in [1.165, 1.54) is 43.7 Å². The average molecular weight is 211 g/mol. The molecule has 2 fully saturated rings. The van der Waals surface area contributed by atoms with Crippen LogP contribution in [0.1, 0.15) is 25.7 Å². The predicted octanol–water partition coefficient (Wildman–Crippen LogP) is 2.78. The molecule has 0 aromatic heterocycles. The van der Waals surface area contributed by atoms with E-state index in [1.807, 2.05) is 11.1 Å². The Hall–Kier alpha value is 0.0500. The van der Waals surface area contributed by atoms with Gasteiger partial charge in [-0.25, -0.2) is 0 Å². The minimum Gasteiger partial charge on any atom is -0.309 e. The fourth-order valence-corrected chi connectivity index (χ4v) is 3.58. The molecular formula is C12H21NS. The summed E-state index contributed by atoms with van der Waals surface area (Å²) in [5.41, 5.74) is 3.65. The van der Waals surface area contributed by atoms with E-state index in [1.54, 1.807) is 0 Å². The van der Waals surface area contributed by atoms with Crippen molar-refractivity contribution in [1.29, 1.82) is 0 Å². The topological polar surface area (TPSA) is 3.24 Å². The summed E-state index contributed by atoms with van der Waals surface area (Å²) in [7, 11) is 4.39. The summed E-state index contributed by atoms with van der Waals surface area (Å²) in [5, 5.41) is 0. The first kappa shape index (κ1) is 10.6. The van der Waals surface area contributed by atoms with Gasteiger partial charge in [0, 0.05) is 18.2 Å². The van der Waals surface area contributed by atoms with Crippen molar-refractivity contribution in [3.8, 4) is 0 Å². The van der Waals surface area contributed by atoms with Crippen LogP contribution in [0.5, 0.6) is 0 Å². The largest absolute Gasteiger partial charge is 0.309 e. The lowest BCUT2D eigenvalue weighted by Crippen LogP contribution is -2.29. The highest BCUT2D eigenvalue weighted by atomic mass is 32.2. The molecule has 2 rings (SSSR count). The van der Waals surface area contributed by atoms with Crippen LogP contribution < -0.4 is 0 Å². The van der Waals surface area contributed by atoms with Gasteiger partial charge in [0.05, 0.1) is 0 Å². The molecule has 1 saturated carbocycles. The Balaban J connectivity index is 2.03. The first-order valence-corrected chi connectivity index (χ1v) is 6.86. The fourth-order valence-electron chi connectivity index (χ4n) is 2.46. The molecule has 1 aliphatic carbocycles. The predicted molar refractivity (Wildman–Crippen MR) is 64.9 cm³/mol. The number of nitrogens with zero attached hydrogens (tertiary/aromatic N) is 1. The van der Waals surface area contributed by atoms with Crippen molar-refractivity contribution in [3.63, 3.8) is 0 Å². The van der Waals surface area contributed by atoms with Gasteiger partial charge in [-0.2, -0.15) is 11.8 Å². The Morgan fingerprint density at radius 2 is 2.07 bits per heavy atom. The van der Waals surface area contributed by atoms with E-state index < -0.39 is 0 Å². The lowest BCUT2D eigenvalue weighted by Gasteiger charge is -2.33. The van der Waals surface area contributed by atoms with E-state index in [0.717, 1.165) is 5.92 Å². The second-order valence-corrected chi connectivity index (χ2v) is 5.92. The standard InChI is InChI=1S/C12H21NS/c1-13(2)8-11-9-14-7-6-12(11)10-4-3-5-10/h11H,3-9H2,1-2H3. The maximum absolute atomic E-state index is 2.34. The molecule has 0 N–H and O–H groups in total. The molecule has 0 aromatic rings. The molecule has 0 bridgehead atoms. The molecule has 1 saturated heterocycles. The number of allylic oxidation sites excluding steroid dienone is 1. The molecule has 1 atom stereocenters. The minimum absolute atomic E-state index is 0.860. The van der Waals surface area contributed by atoms with Gasteiger partial charge in [-0.05, 0) is 45.5 Å². The average Bonchev–Trinajstić information content (AvgIpc) is 2.04. The van der Waals surface area contributed by atoms with E-state index in [9.17, 15) is 0 Å². The van der Waals surface area contributed by atoms with Gasteiger partial charge < -0.3 is 4.90 Å². The molecule has 1 unspecified atom stereocenters. The lowest BCUT2D eigenvalue weighted by molar-refractivity contribution is 0.357. The van der Waals surface area contributed by atoms with E-state index in [2.05, 4.69) is 30.8 Å². The molecule has 0 aromatic carbocycles. The van der Waals surface area contributed by atoms with Crippen LogP contribution in [-0.2, 0) is 0 Å². The van der Waals surface area contributed by atoms with Crippen LogP contribution in [-0.4, -0.2) is 37.0 Å². The Morgan fingerprint density at radius 1 is 1.29 bits per heavy atom. The van der Waals surface area contributed by atoms with E-state index in [4.69, 9.17) is 0 Å². The zero-order valence-corrected chi connectivity index (χ0v) is 10.2. The van der Waals surface area contributed by atoms with Gasteiger partial charge in [0.2, 0.25) is 0 Å². The summed E-state index contributed by atoms with van der Waals surface area (Å²) in [5.74, 6) is 3.58. The van der Waals surface area contributed by atoms with Crippen molar-refractivity contribution in [2.24, 2.45) is 5.92 Å². The van der Waals surface area contributed by atoms with Gasteiger partial charge in [0.25, 0.3) is 0 Å². The normalized spacial score (nSPS) is 28.1. The SMILES string of the molecule is CN(C)CC1CSCCC1=C1CCC1. The molecule has 14 heavy (non-hydrogen) atoms. The van der Waals surface area contributed by atoms with Crippen molar-refractivity contribution in [3.05, 3.63) is 11.1 Å². The molecule has 0 spiro atoms. The maximum atomic E-state index is 2.34. The van der Waals surface area contributed by atoms with E-state index in [0.29, 0.717) is 0 Å². The molecule has 2 heteroatoms. The zero-order valence-electron chi connectivity index (χ0n) is 9.38. The number of thioether (sulfide) groups is 1. The third-order valence-corrected chi connectivity index (χ3v) is 4.46. The quantitative estimate of drug-likeness (QED) is 0.646. The fraction of sp³-hybridized carbons (Fsp3) is 0.833.